The number of amides is 2. The van der Waals surface area contributed by atoms with Gasteiger partial charge in [-0.3, -0.25) is 4.68 Å². The first-order valence-electron chi connectivity index (χ1n) is 9.65. The minimum atomic E-state index is -0.162. The van der Waals surface area contributed by atoms with Crippen LogP contribution in [0.3, 0.4) is 0 Å². The van der Waals surface area contributed by atoms with E-state index in [0.717, 1.165) is 16.8 Å². The lowest BCUT2D eigenvalue weighted by Gasteiger charge is -2.40. The number of anilines is 3. The molecule has 2 amide bonds. The van der Waals surface area contributed by atoms with Gasteiger partial charge in [-0.2, -0.15) is 15.1 Å². The zero-order valence-corrected chi connectivity index (χ0v) is 17.5. The van der Waals surface area contributed by atoms with Crippen LogP contribution in [0.2, 0.25) is 0 Å². The molecule has 0 radical (unpaired) electrons. The lowest BCUT2D eigenvalue weighted by Crippen LogP contribution is -2.55. The Kier molecular flexibility index (Phi) is 5.02. The number of rotatable bonds is 3. The van der Waals surface area contributed by atoms with Crippen LogP contribution in [0.5, 0.6) is 5.88 Å². The third kappa shape index (κ3) is 3.53. The van der Waals surface area contributed by atoms with Crippen LogP contribution in [0, 0.1) is 6.92 Å². The second-order valence-corrected chi connectivity index (χ2v) is 7.37. The first kappa shape index (κ1) is 19.7. The third-order valence-corrected chi connectivity index (χ3v) is 5.31. The molecule has 0 aliphatic carbocycles. The van der Waals surface area contributed by atoms with E-state index in [1.165, 1.54) is 0 Å². The number of aryl methyl sites for hydroxylation is 2. The van der Waals surface area contributed by atoms with Crippen LogP contribution in [0.1, 0.15) is 12.5 Å². The summed E-state index contributed by atoms with van der Waals surface area (Å²) in [5.41, 5.74) is 8.16. The smallest absolute Gasteiger partial charge is 0.322 e. The number of pyridine rings is 1. The molecule has 1 saturated heterocycles. The topological polar surface area (TPSA) is 127 Å². The Bertz CT molecular complexity index is 1100. The zero-order valence-electron chi connectivity index (χ0n) is 17.5. The van der Waals surface area contributed by atoms with E-state index in [1.807, 2.05) is 14.0 Å². The second kappa shape index (κ2) is 7.65. The number of piperazine rings is 1. The van der Waals surface area contributed by atoms with Gasteiger partial charge in [0.2, 0.25) is 11.8 Å². The van der Waals surface area contributed by atoms with E-state index in [4.69, 9.17) is 10.5 Å². The fraction of sp³-hybridized carbons (Fsp3) is 0.421. The van der Waals surface area contributed by atoms with E-state index in [9.17, 15) is 4.79 Å². The second-order valence-electron chi connectivity index (χ2n) is 7.37. The number of fused-ring (bicyclic) bond motifs is 1. The molecule has 3 N–H and O–H groups in total. The van der Waals surface area contributed by atoms with E-state index in [2.05, 4.69) is 37.2 Å². The summed E-state index contributed by atoms with van der Waals surface area (Å²) in [6, 6.07) is 1.66. The summed E-state index contributed by atoms with van der Waals surface area (Å²) in [4.78, 5) is 29.6. The highest BCUT2D eigenvalue weighted by atomic mass is 16.5. The van der Waals surface area contributed by atoms with E-state index in [0.29, 0.717) is 36.8 Å². The number of ether oxygens (including phenoxy) is 1. The number of nitrogens with two attached hydrogens (primary N) is 1. The number of hydrogen-bond acceptors (Lipinski definition) is 8. The van der Waals surface area contributed by atoms with Gasteiger partial charge in [0.1, 0.15) is 5.82 Å². The number of urea groups is 1. The van der Waals surface area contributed by atoms with Crippen molar-refractivity contribution in [2.45, 2.75) is 19.9 Å². The van der Waals surface area contributed by atoms with E-state index < -0.39 is 0 Å². The van der Waals surface area contributed by atoms with E-state index in [-0.39, 0.29) is 18.0 Å². The van der Waals surface area contributed by atoms with Crippen molar-refractivity contribution in [2.75, 3.05) is 42.7 Å². The highest BCUT2D eigenvalue weighted by Crippen LogP contribution is 2.27. The number of carbonyl (C=O) groups excluding carboxylic acids is 1. The predicted octanol–water partition coefficient (Wildman–Crippen LogP) is 1.40. The molecular formula is C19H25N9O2. The molecular weight excluding hydrogens is 386 g/mol. The molecule has 0 aromatic carbocycles. The SMILES string of the molecule is COc1cc(C)c(NC(=O)N2CCN(c3nc(N)nc4c3cnn4C)[C@@H](C)C2)cn1. The summed E-state index contributed by atoms with van der Waals surface area (Å²) in [5.74, 6) is 1.46. The Morgan fingerprint density at radius 1 is 1.30 bits per heavy atom. The maximum Gasteiger partial charge on any atom is 0.322 e. The fourth-order valence-electron chi connectivity index (χ4n) is 3.67. The van der Waals surface area contributed by atoms with Gasteiger partial charge in [-0.25, -0.2) is 9.78 Å². The average molecular weight is 411 g/mol. The van der Waals surface area contributed by atoms with Crippen LogP contribution in [-0.2, 0) is 7.05 Å². The van der Waals surface area contributed by atoms with Gasteiger partial charge in [-0.05, 0) is 19.4 Å². The van der Waals surface area contributed by atoms with Crippen LogP contribution in [0.15, 0.2) is 18.5 Å². The number of methoxy groups -OCH3 is 1. The third-order valence-electron chi connectivity index (χ3n) is 5.31. The van der Waals surface area contributed by atoms with Crippen molar-refractivity contribution in [1.82, 2.24) is 29.6 Å². The van der Waals surface area contributed by atoms with Crippen LogP contribution in [0.4, 0.5) is 22.2 Å². The van der Waals surface area contributed by atoms with Gasteiger partial charge in [-0.15, -0.1) is 0 Å². The number of carbonyl (C=O) groups is 1. The Hall–Kier alpha value is -3.63. The van der Waals surface area contributed by atoms with Gasteiger partial charge in [0.25, 0.3) is 0 Å². The highest BCUT2D eigenvalue weighted by molar-refractivity contribution is 5.91. The average Bonchev–Trinajstić information content (AvgIpc) is 3.09. The van der Waals surface area contributed by atoms with Gasteiger partial charge in [0.05, 0.1) is 30.6 Å². The summed E-state index contributed by atoms with van der Waals surface area (Å²) >= 11 is 0. The minimum Gasteiger partial charge on any atom is -0.481 e. The summed E-state index contributed by atoms with van der Waals surface area (Å²) in [6.07, 6.45) is 3.35. The summed E-state index contributed by atoms with van der Waals surface area (Å²) < 4.78 is 6.79. The molecule has 1 atom stereocenters. The first-order valence-corrected chi connectivity index (χ1v) is 9.65. The Morgan fingerprint density at radius 2 is 2.10 bits per heavy atom. The number of aromatic nitrogens is 5. The molecule has 11 nitrogen and oxygen atoms in total. The molecule has 158 valence electrons. The number of nitrogens with zero attached hydrogens (tertiary/aromatic N) is 7. The zero-order chi connectivity index (χ0) is 21.4. The van der Waals surface area contributed by atoms with Gasteiger partial charge < -0.3 is 25.6 Å². The maximum atomic E-state index is 12.8. The summed E-state index contributed by atoms with van der Waals surface area (Å²) in [6.45, 7) is 5.67. The van der Waals surface area contributed by atoms with Crippen LogP contribution >= 0.6 is 0 Å². The largest absolute Gasteiger partial charge is 0.481 e. The Labute approximate surface area is 173 Å². The number of nitrogens with one attached hydrogen (secondary N) is 1. The molecule has 3 aromatic heterocycles. The van der Waals surface area contributed by atoms with E-state index in [1.54, 1.807) is 35.2 Å². The molecule has 0 saturated carbocycles. The monoisotopic (exact) mass is 411 g/mol. The molecule has 11 heteroatoms. The van der Waals surface area contributed by atoms with Crippen LogP contribution < -0.4 is 20.7 Å². The van der Waals surface area contributed by atoms with Crippen molar-refractivity contribution < 1.29 is 9.53 Å². The van der Waals surface area contributed by atoms with Crippen molar-refractivity contribution in [1.29, 1.82) is 0 Å². The van der Waals surface area contributed by atoms with Gasteiger partial charge in [-0.1, -0.05) is 0 Å². The summed E-state index contributed by atoms with van der Waals surface area (Å²) in [5, 5.41) is 8.05. The molecule has 4 rings (SSSR count). The van der Waals surface area contributed by atoms with Gasteiger partial charge >= 0.3 is 6.03 Å². The Morgan fingerprint density at radius 3 is 2.80 bits per heavy atom. The quantitative estimate of drug-likeness (QED) is 0.662. The van der Waals surface area contributed by atoms with Crippen LogP contribution in [-0.4, -0.2) is 68.4 Å². The van der Waals surface area contributed by atoms with Gasteiger partial charge in [0, 0.05) is 38.8 Å². The molecule has 0 unspecified atom stereocenters. The van der Waals surface area contributed by atoms with Crippen molar-refractivity contribution in [3.8, 4) is 5.88 Å². The maximum absolute atomic E-state index is 12.8. The number of hydrogen-bond donors (Lipinski definition) is 2. The normalized spacial score (nSPS) is 16.7. The van der Waals surface area contributed by atoms with Crippen LogP contribution in [0.25, 0.3) is 11.0 Å². The predicted molar refractivity (Wildman–Crippen MR) is 114 cm³/mol. The summed E-state index contributed by atoms with van der Waals surface area (Å²) in [7, 11) is 3.38. The molecule has 1 aliphatic rings. The van der Waals surface area contributed by atoms with E-state index >= 15 is 0 Å². The Balaban J connectivity index is 1.49. The molecule has 1 fully saturated rings. The van der Waals surface area contributed by atoms with Gasteiger partial charge in [0.15, 0.2) is 5.65 Å². The lowest BCUT2D eigenvalue weighted by molar-refractivity contribution is 0.200. The lowest BCUT2D eigenvalue weighted by atomic mass is 10.2. The van der Waals surface area contributed by atoms with Crippen molar-refractivity contribution in [2.24, 2.45) is 7.05 Å². The highest BCUT2D eigenvalue weighted by Gasteiger charge is 2.29. The van der Waals surface area contributed by atoms with Crippen molar-refractivity contribution >= 4 is 34.5 Å². The first-order chi connectivity index (χ1) is 14.4. The molecule has 0 spiro atoms. The molecule has 1 aliphatic heterocycles. The standard InChI is InChI=1S/C19H25N9O2/c1-11-7-15(30-4)21-9-14(11)23-19(29)27-5-6-28(12(2)10-27)17-13-8-22-26(3)16(13)24-18(20)25-17/h7-9,12H,5-6,10H2,1-4H3,(H,23,29)(H2,20,24,25)/t12-/m0/s1. The molecule has 30 heavy (non-hydrogen) atoms. The fourth-order valence-corrected chi connectivity index (χ4v) is 3.67. The van der Waals surface area contributed by atoms with Crippen molar-refractivity contribution in [3.63, 3.8) is 0 Å². The molecule has 0 bridgehead atoms. The minimum absolute atomic E-state index is 0.0392. The number of nitrogen functional groups attached to an aromatic ring is 1. The van der Waals surface area contributed by atoms with Crippen molar-refractivity contribution in [3.05, 3.63) is 24.0 Å². The molecule has 4 heterocycles. The molecule has 3 aromatic rings.